The first-order valence-electron chi connectivity index (χ1n) is 5.92. The Kier molecular flexibility index (Phi) is 4.35. The van der Waals surface area contributed by atoms with Crippen LogP contribution in [-0.2, 0) is 6.42 Å². The summed E-state index contributed by atoms with van der Waals surface area (Å²) in [5, 5.41) is 14.8. The number of carbonyl (C=O) groups excluding carboxylic acids is 1. The molecule has 0 bridgehead atoms. The largest absolute Gasteiger partial charge is 0.369 e. The molecule has 2 heterocycles. The highest BCUT2D eigenvalue weighted by molar-refractivity contribution is 7.15. The molecule has 2 aromatic rings. The van der Waals surface area contributed by atoms with Crippen molar-refractivity contribution in [3.05, 3.63) is 23.1 Å². The van der Waals surface area contributed by atoms with Crippen LogP contribution < -0.4 is 10.6 Å². The Labute approximate surface area is 114 Å². The van der Waals surface area contributed by atoms with Gasteiger partial charge in [0, 0.05) is 6.54 Å². The third-order valence-electron chi connectivity index (χ3n) is 2.21. The normalized spacial score (nSPS) is 10.2. The van der Waals surface area contributed by atoms with Crippen molar-refractivity contribution >= 4 is 28.2 Å². The summed E-state index contributed by atoms with van der Waals surface area (Å²) >= 11 is 1.35. The Bertz CT molecular complexity index is 570. The molecule has 0 unspecified atom stereocenters. The molecule has 0 aliphatic heterocycles. The number of hydrogen-bond donors (Lipinski definition) is 2. The second kappa shape index (κ2) is 6.19. The van der Waals surface area contributed by atoms with Crippen LogP contribution in [-0.4, -0.2) is 32.6 Å². The average Bonchev–Trinajstić information content (AvgIpc) is 2.87. The number of anilines is 2. The average molecular weight is 278 g/mol. The highest BCUT2D eigenvalue weighted by atomic mass is 32.1. The predicted octanol–water partition coefficient (Wildman–Crippen LogP) is 1.57. The molecular formula is C11H14N6OS. The molecule has 0 saturated heterocycles. The summed E-state index contributed by atoms with van der Waals surface area (Å²) in [6.45, 7) is 4.65. The predicted molar refractivity (Wildman–Crippen MR) is 73.4 cm³/mol. The van der Waals surface area contributed by atoms with Gasteiger partial charge in [0.2, 0.25) is 5.13 Å². The fourth-order valence-electron chi connectivity index (χ4n) is 1.35. The van der Waals surface area contributed by atoms with Gasteiger partial charge < -0.3 is 5.32 Å². The van der Waals surface area contributed by atoms with Crippen LogP contribution in [0, 0.1) is 0 Å². The van der Waals surface area contributed by atoms with E-state index in [1.165, 1.54) is 17.5 Å². The maximum absolute atomic E-state index is 12.0. The summed E-state index contributed by atoms with van der Waals surface area (Å²) in [5.74, 6) is 0.229. The maximum Gasteiger partial charge on any atom is 0.277 e. The number of rotatable bonds is 5. The van der Waals surface area contributed by atoms with Gasteiger partial charge in [-0.15, -0.1) is 10.2 Å². The van der Waals surface area contributed by atoms with Crippen molar-refractivity contribution in [3.8, 4) is 0 Å². The van der Waals surface area contributed by atoms with E-state index in [4.69, 9.17) is 0 Å². The Morgan fingerprint density at radius 2 is 2.16 bits per heavy atom. The summed E-state index contributed by atoms with van der Waals surface area (Å²) in [4.78, 5) is 20.1. The number of nitrogens with zero attached hydrogens (tertiary/aromatic N) is 4. The molecule has 2 rings (SSSR count). The molecule has 8 heteroatoms. The molecule has 0 fully saturated rings. The first-order valence-corrected chi connectivity index (χ1v) is 6.74. The second-order valence-electron chi connectivity index (χ2n) is 3.63. The van der Waals surface area contributed by atoms with E-state index in [-0.39, 0.29) is 11.6 Å². The van der Waals surface area contributed by atoms with Gasteiger partial charge in [-0.2, -0.15) is 0 Å². The minimum Gasteiger partial charge on any atom is -0.369 e. The molecule has 2 N–H and O–H groups in total. The zero-order valence-electron chi connectivity index (χ0n) is 10.7. The molecule has 7 nitrogen and oxygen atoms in total. The van der Waals surface area contributed by atoms with Crippen molar-refractivity contribution in [2.45, 2.75) is 20.3 Å². The Morgan fingerprint density at radius 3 is 2.84 bits per heavy atom. The van der Waals surface area contributed by atoms with E-state index in [1.54, 1.807) is 6.20 Å². The number of aryl methyl sites for hydroxylation is 1. The molecule has 0 saturated carbocycles. The summed E-state index contributed by atoms with van der Waals surface area (Å²) in [5.41, 5.74) is 0.242. The van der Waals surface area contributed by atoms with Gasteiger partial charge in [0.05, 0.1) is 12.4 Å². The SMILES string of the molecule is CCNc1cncc(C(=O)Nc2nnc(CC)s2)n1. The van der Waals surface area contributed by atoms with E-state index < -0.39 is 0 Å². The molecule has 0 aliphatic rings. The van der Waals surface area contributed by atoms with Crippen molar-refractivity contribution in [2.75, 3.05) is 17.2 Å². The minimum atomic E-state index is -0.342. The van der Waals surface area contributed by atoms with E-state index in [0.717, 1.165) is 18.0 Å². The highest BCUT2D eigenvalue weighted by Gasteiger charge is 2.12. The Balaban J connectivity index is 2.08. The number of hydrogen-bond acceptors (Lipinski definition) is 7. The van der Waals surface area contributed by atoms with Gasteiger partial charge in [-0.25, -0.2) is 4.98 Å². The van der Waals surface area contributed by atoms with Crippen LogP contribution in [0.25, 0.3) is 0 Å². The van der Waals surface area contributed by atoms with Crippen molar-refractivity contribution < 1.29 is 4.79 Å². The molecule has 0 spiro atoms. The van der Waals surface area contributed by atoms with Crippen molar-refractivity contribution in [1.29, 1.82) is 0 Å². The van der Waals surface area contributed by atoms with E-state index in [2.05, 4.69) is 30.8 Å². The van der Waals surface area contributed by atoms with Crippen molar-refractivity contribution in [1.82, 2.24) is 20.2 Å². The van der Waals surface area contributed by atoms with Crippen LogP contribution in [0.4, 0.5) is 10.9 Å². The van der Waals surface area contributed by atoms with Gasteiger partial charge in [-0.3, -0.25) is 15.1 Å². The van der Waals surface area contributed by atoms with Crippen LogP contribution >= 0.6 is 11.3 Å². The standard InChI is InChI=1S/C11H14N6OS/c1-3-9-16-17-11(19-9)15-10(18)7-5-12-6-8(14-7)13-4-2/h5-6H,3-4H2,1-2H3,(H,13,14)(H,15,17,18). The summed E-state index contributed by atoms with van der Waals surface area (Å²) in [6.07, 6.45) is 3.78. The zero-order chi connectivity index (χ0) is 13.7. The Hall–Kier alpha value is -2.09. The first kappa shape index (κ1) is 13.3. The molecule has 19 heavy (non-hydrogen) atoms. The van der Waals surface area contributed by atoms with Crippen LogP contribution in [0.15, 0.2) is 12.4 Å². The van der Waals surface area contributed by atoms with Crippen LogP contribution in [0.1, 0.15) is 29.3 Å². The first-order chi connectivity index (χ1) is 9.22. The maximum atomic E-state index is 12.0. The fourth-order valence-corrected chi connectivity index (χ4v) is 2.02. The number of amides is 1. The molecule has 0 aliphatic carbocycles. The minimum absolute atomic E-state index is 0.242. The number of nitrogens with one attached hydrogen (secondary N) is 2. The molecule has 0 atom stereocenters. The topological polar surface area (TPSA) is 92.7 Å². The lowest BCUT2D eigenvalue weighted by molar-refractivity contribution is 0.102. The fraction of sp³-hybridized carbons (Fsp3) is 0.364. The van der Waals surface area contributed by atoms with Gasteiger partial charge in [0.25, 0.3) is 5.91 Å². The molecule has 2 aromatic heterocycles. The highest BCUT2D eigenvalue weighted by Crippen LogP contribution is 2.16. The Morgan fingerprint density at radius 1 is 1.32 bits per heavy atom. The quantitative estimate of drug-likeness (QED) is 0.862. The second-order valence-corrected chi connectivity index (χ2v) is 4.69. The van der Waals surface area contributed by atoms with Crippen molar-refractivity contribution in [2.24, 2.45) is 0 Å². The summed E-state index contributed by atoms with van der Waals surface area (Å²) < 4.78 is 0. The molecular weight excluding hydrogens is 264 g/mol. The lowest BCUT2D eigenvalue weighted by atomic mass is 10.4. The molecule has 0 radical (unpaired) electrons. The van der Waals surface area contributed by atoms with Crippen LogP contribution in [0.5, 0.6) is 0 Å². The number of carbonyl (C=O) groups is 1. The van der Waals surface area contributed by atoms with Crippen LogP contribution in [0.3, 0.4) is 0 Å². The summed E-state index contributed by atoms with van der Waals surface area (Å²) in [6, 6.07) is 0. The lowest BCUT2D eigenvalue weighted by Gasteiger charge is -2.04. The zero-order valence-corrected chi connectivity index (χ0v) is 11.5. The van der Waals surface area contributed by atoms with E-state index in [0.29, 0.717) is 10.9 Å². The van der Waals surface area contributed by atoms with E-state index >= 15 is 0 Å². The molecule has 1 amide bonds. The van der Waals surface area contributed by atoms with E-state index in [9.17, 15) is 4.79 Å². The smallest absolute Gasteiger partial charge is 0.277 e. The molecule has 100 valence electrons. The number of aromatic nitrogens is 4. The van der Waals surface area contributed by atoms with Crippen molar-refractivity contribution in [3.63, 3.8) is 0 Å². The summed E-state index contributed by atoms with van der Waals surface area (Å²) in [7, 11) is 0. The van der Waals surface area contributed by atoms with Crippen LogP contribution in [0.2, 0.25) is 0 Å². The lowest BCUT2D eigenvalue weighted by Crippen LogP contribution is -2.15. The van der Waals surface area contributed by atoms with Gasteiger partial charge in [0.15, 0.2) is 0 Å². The third-order valence-corrected chi connectivity index (χ3v) is 3.20. The van der Waals surface area contributed by atoms with Gasteiger partial charge in [0.1, 0.15) is 16.5 Å². The molecule has 0 aromatic carbocycles. The monoisotopic (exact) mass is 278 g/mol. The van der Waals surface area contributed by atoms with Gasteiger partial charge in [-0.05, 0) is 13.3 Å². The van der Waals surface area contributed by atoms with E-state index in [1.807, 2.05) is 13.8 Å². The van der Waals surface area contributed by atoms with Gasteiger partial charge in [-0.1, -0.05) is 18.3 Å². The third kappa shape index (κ3) is 3.44. The van der Waals surface area contributed by atoms with Gasteiger partial charge >= 0.3 is 0 Å².